The van der Waals surface area contributed by atoms with Crippen LogP contribution in [0.25, 0.3) is 0 Å². The standard InChI is InChI=1S/C33H45N5O4/c1-3-4-18-38-31(40)28(21-24-8-6-5-7-9-24)36-32(41)33(38)16-19-37(20-17-33)23-25-10-15-29(35-22-25)42-27-13-11-26(12-14-27)30(39)34-2/h10-15,22,24,28H,3-9,16-21,23H2,1-2H3,(H,34,39)(H,36,41)/t28-/m0/s1. The number of carbonyl (C=O) groups is 3. The largest absolute Gasteiger partial charge is 0.439 e. The summed E-state index contributed by atoms with van der Waals surface area (Å²) in [5, 5.41) is 5.79. The fourth-order valence-corrected chi connectivity index (χ4v) is 6.77. The van der Waals surface area contributed by atoms with Gasteiger partial charge >= 0.3 is 0 Å². The van der Waals surface area contributed by atoms with Crippen LogP contribution in [0.5, 0.6) is 11.6 Å². The van der Waals surface area contributed by atoms with Crippen molar-refractivity contribution in [2.45, 2.75) is 89.3 Å². The summed E-state index contributed by atoms with van der Waals surface area (Å²) in [5.74, 6) is 1.66. The topological polar surface area (TPSA) is 104 Å². The van der Waals surface area contributed by atoms with Gasteiger partial charge < -0.3 is 20.3 Å². The van der Waals surface area contributed by atoms with Crippen LogP contribution in [-0.4, -0.2) is 70.8 Å². The van der Waals surface area contributed by atoms with Crippen molar-refractivity contribution >= 4 is 17.7 Å². The van der Waals surface area contributed by atoms with Gasteiger partial charge in [-0.05, 0) is 61.4 Å². The summed E-state index contributed by atoms with van der Waals surface area (Å²) in [7, 11) is 1.60. The molecule has 1 spiro atoms. The van der Waals surface area contributed by atoms with Gasteiger partial charge in [0.05, 0.1) is 0 Å². The zero-order valence-corrected chi connectivity index (χ0v) is 25.1. The number of rotatable bonds is 10. The molecule has 1 atom stereocenters. The van der Waals surface area contributed by atoms with Crippen molar-refractivity contribution in [2.24, 2.45) is 5.92 Å². The van der Waals surface area contributed by atoms with E-state index in [0.29, 0.717) is 42.5 Å². The number of amides is 3. The minimum Gasteiger partial charge on any atom is -0.439 e. The molecule has 2 saturated heterocycles. The molecular weight excluding hydrogens is 530 g/mol. The van der Waals surface area contributed by atoms with Gasteiger partial charge in [0.15, 0.2) is 0 Å². The second kappa shape index (κ2) is 13.7. The van der Waals surface area contributed by atoms with Crippen LogP contribution in [0.3, 0.4) is 0 Å². The van der Waals surface area contributed by atoms with Gasteiger partial charge in [-0.15, -0.1) is 0 Å². The molecular formula is C33H45N5O4. The van der Waals surface area contributed by atoms with E-state index in [0.717, 1.165) is 44.5 Å². The average molecular weight is 576 g/mol. The van der Waals surface area contributed by atoms with Crippen LogP contribution in [0.2, 0.25) is 0 Å². The Morgan fingerprint density at radius 3 is 2.45 bits per heavy atom. The van der Waals surface area contributed by atoms with E-state index in [1.807, 2.05) is 23.2 Å². The van der Waals surface area contributed by atoms with E-state index in [1.54, 1.807) is 31.3 Å². The van der Waals surface area contributed by atoms with Gasteiger partial charge in [0.2, 0.25) is 17.7 Å². The molecule has 42 heavy (non-hydrogen) atoms. The lowest BCUT2D eigenvalue weighted by molar-refractivity contribution is -0.162. The molecule has 1 aliphatic carbocycles. The number of benzene rings is 1. The van der Waals surface area contributed by atoms with E-state index >= 15 is 0 Å². The van der Waals surface area contributed by atoms with Gasteiger partial charge in [-0.25, -0.2) is 4.98 Å². The van der Waals surface area contributed by atoms with Gasteiger partial charge in [-0.1, -0.05) is 51.5 Å². The quantitative estimate of drug-likeness (QED) is 0.427. The molecule has 9 heteroatoms. The molecule has 0 radical (unpaired) electrons. The van der Waals surface area contributed by atoms with E-state index < -0.39 is 5.54 Å². The molecule has 2 aliphatic heterocycles. The first kappa shape index (κ1) is 30.0. The second-order valence-electron chi connectivity index (χ2n) is 12.1. The van der Waals surface area contributed by atoms with Crippen LogP contribution >= 0.6 is 0 Å². The molecule has 2 N–H and O–H groups in total. The molecule has 3 fully saturated rings. The summed E-state index contributed by atoms with van der Waals surface area (Å²) in [6.45, 7) is 5.00. The van der Waals surface area contributed by atoms with Gasteiger partial charge in [0, 0.05) is 51.1 Å². The van der Waals surface area contributed by atoms with Crippen molar-refractivity contribution in [2.75, 3.05) is 26.7 Å². The highest BCUT2D eigenvalue weighted by atomic mass is 16.5. The highest BCUT2D eigenvalue weighted by Crippen LogP contribution is 2.36. The maximum absolute atomic E-state index is 13.8. The fourth-order valence-electron chi connectivity index (χ4n) is 6.77. The monoisotopic (exact) mass is 575 g/mol. The molecule has 3 aliphatic rings. The number of hydrogen-bond acceptors (Lipinski definition) is 6. The van der Waals surface area contributed by atoms with E-state index in [9.17, 15) is 14.4 Å². The summed E-state index contributed by atoms with van der Waals surface area (Å²) in [5.41, 5.74) is 0.891. The molecule has 3 amide bonds. The summed E-state index contributed by atoms with van der Waals surface area (Å²) in [4.78, 5) is 48.0. The highest BCUT2D eigenvalue weighted by molar-refractivity contribution is 6.00. The Hall–Kier alpha value is -3.46. The number of nitrogens with zero attached hydrogens (tertiary/aromatic N) is 3. The lowest BCUT2D eigenvalue weighted by Gasteiger charge is -2.52. The number of aromatic nitrogens is 1. The lowest BCUT2D eigenvalue weighted by atomic mass is 9.79. The number of hydrogen-bond donors (Lipinski definition) is 2. The van der Waals surface area contributed by atoms with Crippen LogP contribution in [0.1, 0.15) is 87.1 Å². The Morgan fingerprint density at radius 2 is 1.81 bits per heavy atom. The Kier molecular flexibility index (Phi) is 9.77. The first-order valence-corrected chi connectivity index (χ1v) is 15.7. The zero-order chi connectivity index (χ0) is 29.5. The molecule has 1 aromatic heterocycles. The predicted octanol–water partition coefficient (Wildman–Crippen LogP) is 4.67. The number of ether oxygens (including phenoxy) is 1. The van der Waals surface area contributed by atoms with Crippen molar-refractivity contribution in [1.29, 1.82) is 0 Å². The second-order valence-corrected chi connectivity index (χ2v) is 12.1. The van der Waals surface area contributed by atoms with Crippen molar-refractivity contribution < 1.29 is 19.1 Å². The third-order valence-electron chi connectivity index (χ3n) is 9.29. The molecule has 0 bridgehead atoms. The van der Waals surface area contributed by atoms with E-state index in [2.05, 4.69) is 27.4 Å². The molecule has 2 aromatic rings. The smallest absolute Gasteiger partial charge is 0.251 e. The van der Waals surface area contributed by atoms with Gasteiger partial charge in [0.25, 0.3) is 5.91 Å². The van der Waals surface area contributed by atoms with Crippen LogP contribution in [-0.2, 0) is 16.1 Å². The van der Waals surface area contributed by atoms with E-state index in [-0.39, 0.29) is 23.8 Å². The Labute approximate surface area is 249 Å². The van der Waals surface area contributed by atoms with Gasteiger partial charge in [0.1, 0.15) is 17.3 Å². The summed E-state index contributed by atoms with van der Waals surface area (Å²) in [6.07, 6.45) is 11.9. The van der Waals surface area contributed by atoms with Crippen LogP contribution in [0.15, 0.2) is 42.6 Å². The minimum absolute atomic E-state index is 0.0465. The Morgan fingerprint density at radius 1 is 1.07 bits per heavy atom. The van der Waals surface area contributed by atoms with Gasteiger partial charge in [-0.2, -0.15) is 0 Å². The Balaban J connectivity index is 1.17. The molecule has 5 rings (SSSR count). The molecule has 1 saturated carbocycles. The lowest BCUT2D eigenvalue weighted by Crippen LogP contribution is -2.73. The third-order valence-corrected chi connectivity index (χ3v) is 9.29. The number of likely N-dealkylation sites (tertiary alicyclic amines) is 1. The average Bonchev–Trinajstić information content (AvgIpc) is 3.02. The number of unbranched alkanes of at least 4 members (excludes halogenated alkanes) is 1. The summed E-state index contributed by atoms with van der Waals surface area (Å²) >= 11 is 0. The third kappa shape index (κ3) is 6.77. The van der Waals surface area contributed by atoms with Crippen molar-refractivity contribution in [3.05, 3.63) is 53.7 Å². The maximum Gasteiger partial charge on any atom is 0.251 e. The van der Waals surface area contributed by atoms with Crippen LogP contribution in [0, 0.1) is 5.92 Å². The molecule has 3 heterocycles. The SMILES string of the molecule is CCCCN1C(=O)[C@H](CC2CCCCC2)NC(=O)C12CCN(Cc1ccc(Oc3ccc(C(=O)NC)cc3)nc1)CC2. The van der Waals surface area contributed by atoms with Crippen molar-refractivity contribution in [3.8, 4) is 11.6 Å². The first-order valence-electron chi connectivity index (χ1n) is 15.7. The summed E-state index contributed by atoms with van der Waals surface area (Å²) in [6, 6.07) is 10.4. The number of nitrogens with one attached hydrogen (secondary N) is 2. The number of pyridine rings is 1. The van der Waals surface area contributed by atoms with E-state index in [1.165, 1.54) is 32.1 Å². The maximum atomic E-state index is 13.8. The zero-order valence-electron chi connectivity index (χ0n) is 25.1. The molecule has 1 aromatic carbocycles. The highest BCUT2D eigenvalue weighted by Gasteiger charge is 2.53. The molecule has 226 valence electrons. The first-order chi connectivity index (χ1) is 20.4. The molecule has 0 unspecified atom stereocenters. The predicted molar refractivity (Wildman–Crippen MR) is 161 cm³/mol. The summed E-state index contributed by atoms with van der Waals surface area (Å²) < 4.78 is 5.85. The van der Waals surface area contributed by atoms with E-state index in [4.69, 9.17) is 4.74 Å². The van der Waals surface area contributed by atoms with Crippen molar-refractivity contribution in [1.82, 2.24) is 25.4 Å². The number of piperazine rings is 1. The fraction of sp³-hybridized carbons (Fsp3) is 0.576. The Bertz CT molecular complexity index is 1220. The minimum atomic E-state index is -0.741. The van der Waals surface area contributed by atoms with Gasteiger partial charge in [-0.3, -0.25) is 19.3 Å². The number of carbonyl (C=O) groups excluding carboxylic acids is 3. The number of piperidine rings is 1. The van der Waals surface area contributed by atoms with Crippen LogP contribution < -0.4 is 15.4 Å². The molecule has 9 nitrogen and oxygen atoms in total. The van der Waals surface area contributed by atoms with Crippen LogP contribution in [0.4, 0.5) is 0 Å². The van der Waals surface area contributed by atoms with Crippen molar-refractivity contribution in [3.63, 3.8) is 0 Å². The normalized spacial score (nSPS) is 21.3.